The van der Waals surface area contributed by atoms with Crippen molar-refractivity contribution in [3.05, 3.63) is 35.4 Å². The lowest BCUT2D eigenvalue weighted by atomic mass is 9.91. The zero-order valence-electron chi connectivity index (χ0n) is 19.7. The van der Waals surface area contributed by atoms with Crippen molar-refractivity contribution >= 4 is 23.5 Å². The number of carbonyl (C=O) groups is 1. The Labute approximate surface area is 190 Å². The third-order valence-corrected chi connectivity index (χ3v) is 6.46. The molecule has 7 heteroatoms. The van der Waals surface area contributed by atoms with Crippen molar-refractivity contribution in [2.24, 2.45) is 0 Å². The van der Waals surface area contributed by atoms with E-state index in [-0.39, 0.29) is 17.4 Å². The van der Waals surface area contributed by atoms with Crippen molar-refractivity contribution in [2.75, 3.05) is 11.9 Å². The first-order chi connectivity index (χ1) is 14.6. The predicted molar refractivity (Wildman–Crippen MR) is 127 cm³/mol. The van der Waals surface area contributed by atoms with Crippen molar-refractivity contribution in [3.8, 4) is 0 Å². The molecule has 0 spiro atoms. The molecule has 1 N–H and O–H groups in total. The van der Waals surface area contributed by atoms with E-state index in [1.807, 2.05) is 19.9 Å². The highest BCUT2D eigenvalue weighted by Crippen LogP contribution is 2.31. The van der Waals surface area contributed by atoms with Crippen molar-refractivity contribution in [2.45, 2.75) is 95.1 Å². The van der Waals surface area contributed by atoms with E-state index in [4.69, 9.17) is 14.4 Å². The van der Waals surface area contributed by atoms with Crippen LogP contribution in [0.2, 0.25) is 0 Å². The van der Waals surface area contributed by atoms with Gasteiger partial charge in [-0.3, -0.25) is 4.79 Å². The quantitative estimate of drug-likeness (QED) is 0.445. The van der Waals surface area contributed by atoms with Gasteiger partial charge in [0.1, 0.15) is 11.6 Å². The maximum absolute atomic E-state index is 12.1. The number of furan rings is 1. The van der Waals surface area contributed by atoms with E-state index in [1.165, 1.54) is 32.1 Å². The second-order valence-electron chi connectivity index (χ2n) is 9.73. The highest BCUT2D eigenvalue weighted by Gasteiger charge is 2.24. The number of anilines is 1. The maximum Gasteiger partial charge on any atom is 0.287 e. The molecule has 1 aliphatic carbocycles. The smallest absolute Gasteiger partial charge is 0.287 e. The van der Waals surface area contributed by atoms with E-state index in [1.54, 1.807) is 17.8 Å². The number of hydrogen-bond donors (Lipinski definition) is 1. The first-order valence-electron chi connectivity index (χ1n) is 11.3. The fraction of sp³-hybridized carbons (Fsp3) is 0.625. The average molecular weight is 445 g/mol. The molecule has 1 fully saturated rings. The van der Waals surface area contributed by atoms with Gasteiger partial charge in [-0.05, 0) is 38.8 Å². The lowest BCUT2D eigenvalue weighted by Gasteiger charge is -2.33. The third kappa shape index (κ3) is 6.48. The molecule has 0 bridgehead atoms. The number of nitrogens with one attached hydrogen (secondary N) is 1. The Hall–Kier alpha value is -2.02. The van der Waals surface area contributed by atoms with Gasteiger partial charge < -0.3 is 14.6 Å². The zero-order valence-corrected chi connectivity index (χ0v) is 20.5. The first-order valence-corrected chi connectivity index (χ1v) is 12.3. The minimum Gasteiger partial charge on any atom is -0.455 e. The van der Waals surface area contributed by atoms with Gasteiger partial charge >= 0.3 is 0 Å². The van der Waals surface area contributed by atoms with Crippen LogP contribution in [-0.2, 0) is 11.2 Å². The van der Waals surface area contributed by atoms with Crippen LogP contribution in [0.25, 0.3) is 0 Å². The maximum atomic E-state index is 12.1. The molecule has 0 atom stereocenters. The third-order valence-electron chi connectivity index (χ3n) is 5.59. The molecule has 0 aromatic carbocycles. The number of thioether (sulfide) groups is 1. The van der Waals surface area contributed by atoms with E-state index >= 15 is 0 Å². The number of hydrogen-bond acceptors (Lipinski definition) is 6. The van der Waals surface area contributed by atoms with Gasteiger partial charge in [-0.2, -0.15) is 0 Å². The molecule has 6 nitrogen and oxygen atoms in total. The second kappa shape index (κ2) is 10.1. The molecule has 170 valence electrons. The summed E-state index contributed by atoms with van der Waals surface area (Å²) in [7, 11) is 2.16. The summed E-state index contributed by atoms with van der Waals surface area (Å²) in [5, 5.41) is 3.60. The average Bonchev–Trinajstić information content (AvgIpc) is 3.20. The van der Waals surface area contributed by atoms with Gasteiger partial charge in [0.2, 0.25) is 0 Å². The molecule has 1 amide bonds. The standard InChI is InChI=1S/C24H36N4O2S/c1-16(2)25-22(29)19-13-12-18(30-19)15-31-23-26-20(24(3,4)5)14-21(27-23)28(6)17-10-8-7-9-11-17/h12-14,16-17H,7-11,15H2,1-6H3,(H,25,29). The molecule has 2 aromatic rings. The molecule has 1 saturated carbocycles. The van der Waals surface area contributed by atoms with Crippen molar-refractivity contribution in [1.29, 1.82) is 0 Å². The lowest BCUT2D eigenvalue weighted by Crippen LogP contribution is -2.34. The van der Waals surface area contributed by atoms with E-state index in [0.717, 1.165) is 22.4 Å². The number of rotatable bonds is 7. The fourth-order valence-electron chi connectivity index (χ4n) is 3.74. The molecule has 0 aliphatic heterocycles. The Morgan fingerprint density at radius 3 is 2.58 bits per heavy atom. The van der Waals surface area contributed by atoms with Crippen molar-refractivity contribution in [1.82, 2.24) is 15.3 Å². The fourth-order valence-corrected chi connectivity index (χ4v) is 4.49. The van der Waals surface area contributed by atoms with Crippen molar-refractivity contribution in [3.63, 3.8) is 0 Å². The van der Waals surface area contributed by atoms with E-state index in [2.05, 4.69) is 44.1 Å². The van der Waals surface area contributed by atoms with Crippen molar-refractivity contribution < 1.29 is 9.21 Å². The Bertz CT molecular complexity index is 882. The molecule has 0 saturated heterocycles. The molecule has 2 aromatic heterocycles. The normalized spacial score (nSPS) is 15.3. The van der Waals surface area contributed by atoms with Crippen LogP contribution in [0, 0.1) is 0 Å². The lowest BCUT2D eigenvalue weighted by molar-refractivity contribution is 0.0913. The van der Waals surface area contributed by atoms with Gasteiger partial charge in [-0.1, -0.05) is 51.8 Å². The Morgan fingerprint density at radius 1 is 1.23 bits per heavy atom. The number of carbonyl (C=O) groups excluding carboxylic acids is 1. The minimum atomic E-state index is -0.186. The molecule has 0 radical (unpaired) electrons. The van der Waals surface area contributed by atoms with Crippen LogP contribution in [0.15, 0.2) is 27.8 Å². The van der Waals surface area contributed by atoms with Crippen LogP contribution in [0.1, 0.15) is 88.7 Å². The van der Waals surface area contributed by atoms with E-state index in [0.29, 0.717) is 17.6 Å². The summed E-state index contributed by atoms with van der Waals surface area (Å²) in [6.45, 7) is 10.4. The minimum absolute atomic E-state index is 0.0623. The van der Waals surface area contributed by atoms with Gasteiger partial charge in [0, 0.05) is 30.6 Å². The summed E-state index contributed by atoms with van der Waals surface area (Å²) < 4.78 is 5.74. The van der Waals surface area contributed by atoms with E-state index < -0.39 is 0 Å². The number of aromatic nitrogens is 2. The summed E-state index contributed by atoms with van der Waals surface area (Å²) in [5.41, 5.74) is 0.979. The SMILES string of the molecule is CC(C)NC(=O)c1ccc(CSc2nc(N(C)C3CCCCC3)cc(C(C)(C)C)n2)o1. The number of nitrogens with zero attached hydrogens (tertiary/aromatic N) is 3. The van der Waals surface area contributed by atoms with E-state index in [9.17, 15) is 4.79 Å². The molecule has 1 aliphatic rings. The number of amides is 1. The Kier molecular flexibility index (Phi) is 7.68. The molecular formula is C24H36N4O2S. The molecular weight excluding hydrogens is 408 g/mol. The summed E-state index contributed by atoms with van der Waals surface area (Å²) in [6, 6.07) is 6.33. The molecule has 2 heterocycles. The topological polar surface area (TPSA) is 71.3 Å². The van der Waals surface area contributed by atoms with Crippen LogP contribution >= 0.6 is 11.8 Å². The molecule has 0 unspecified atom stereocenters. The largest absolute Gasteiger partial charge is 0.455 e. The summed E-state index contributed by atoms with van der Waals surface area (Å²) in [6.07, 6.45) is 6.36. The summed E-state index contributed by atoms with van der Waals surface area (Å²) in [4.78, 5) is 24.2. The Balaban J connectivity index is 1.76. The van der Waals surface area contributed by atoms with Gasteiger partial charge in [0.15, 0.2) is 10.9 Å². The highest BCUT2D eigenvalue weighted by atomic mass is 32.2. The first kappa shape index (κ1) is 23.6. The predicted octanol–water partition coefficient (Wildman–Crippen LogP) is 5.57. The Morgan fingerprint density at radius 2 is 1.94 bits per heavy atom. The van der Waals surface area contributed by atoms with Crippen LogP contribution < -0.4 is 10.2 Å². The highest BCUT2D eigenvalue weighted by molar-refractivity contribution is 7.98. The van der Waals surface area contributed by atoms with Gasteiger partial charge in [0.25, 0.3) is 5.91 Å². The van der Waals surface area contributed by atoms with Gasteiger partial charge in [-0.15, -0.1) is 0 Å². The van der Waals surface area contributed by atoms with Crippen LogP contribution in [0.3, 0.4) is 0 Å². The van der Waals surface area contributed by atoms with Crippen LogP contribution in [-0.4, -0.2) is 35.0 Å². The van der Waals surface area contributed by atoms with Crippen LogP contribution in [0.5, 0.6) is 0 Å². The zero-order chi connectivity index (χ0) is 22.6. The van der Waals surface area contributed by atoms with Gasteiger partial charge in [0.05, 0.1) is 11.4 Å². The second-order valence-corrected chi connectivity index (χ2v) is 10.7. The summed E-state index contributed by atoms with van der Waals surface area (Å²) in [5.74, 6) is 2.46. The molecule has 3 rings (SSSR count). The summed E-state index contributed by atoms with van der Waals surface area (Å²) >= 11 is 1.55. The van der Waals surface area contributed by atoms with Crippen LogP contribution in [0.4, 0.5) is 5.82 Å². The van der Waals surface area contributed by atoms with Gasteiger partial charge in [-0.25, -0.2) is 9.97 Å². The molecule has 31 heavy (non-hydrogen) atoms. The monoisotopic (exact) mass is 444 g/mol.